The second-order valence-corrected chi connectivity index (χ2v) is 8.79. The van der Waals surface area contributed by atoms with Gasteiger partial charge in [-0.25, -0.2) is 8.42 Å². The zero-order valence-corrected chi connectivity index (χ0v) is 16.2. The molecule has 0 bridgehead atoms. The third-order valence-corrected chi connectivity index (χ3v) is 5.81. The number of sulfone groups is 1. The fraction of sp³-hybridized carbons (Fsp3) is 0.250. The van der Waals surface area contributed by atoms with Crippen molar-refractivity contribution < 1.29 is 8.42 Å². The van der Waals surface area contributed by atoms with Crippen molar-refractivity contribution in [3.63, 3.8) is 0 Å². The molecule has 25 heavy (non-hydrogen) atoms. The van der Waals surface area contributed by atoms with Crippen molar-refractivity contribution in [2.45, 2.75) is 31.6 Å². The van der Waals surface area contributed by atoms with Gasteiger partial charge in [-0.15, -0.1) is 0 Å². The summed E-state index contributed by atoms with van der Waals surface area (Å²) in [6.45, 7) is 4.17. The first-order valence-corrected chi connectivity index (χ1v) is 10.6. The maximum Gasteiger partial charge on any atom is 0.175 e. The Morgan fingerprint density at radius 3 is 2.36 bits per heavy atom. The smallest absolute Gasteiger partial charge is 0.175 e. The molecule has 0 N–H and O–H groups in total. The highest BCUT2D eigenvalue weighted by atomic mass is 32.2. The molecule has 2 aromatic carbocycles. The van der Waals surface area contributed by atoms with E-state index in [0.29, 0.717) is 4.90 Å². The minimum absolute atomic E-state index is 0.335. The van der Waals surface area contributed by atoms with Crippen molar-refractivity contribution in [2.24, 2.45) is 0 Å². The van der Waals surface area contributed by atoms with Gasteiger partial charge >= 0.3 is 0 Å². The van der Waals surface area contributed by atoms with Crippen LogP contribution < -0.4 is 0 Å². The molecule has 0 saturated carbocycles. The summed E-state index contributed by atoms with van der Waals surface area (Å²) in [6, 6.07) is 15.5. The molecule has 0 spiro atoms. The third-order valence-electron chi connectivity index (χ3n) is 4.29. The summed E-state index contributed by atoms with van der Waals surface area (Å²) in [5.74, 6) is 0. The van der Waals surface area contributed by atoms with E-state index in [2.05, 4.69) is 23.6 Å². The molecule has 0 aliphatic carbocycles. The van der Waals surface area contributed by atoms with Crippen LogP contribution >= 0.6 is 12.2 Å². The topological polar surface area (TPSA) is 39.1 Å². The van der Waals surface area contributed by atoms with Gasteiger partial charge in [-0.3, -0.25) is 0 Å². The summed E-state index contributed by atoms with van der Waals surface area (Å²) in [6.07, 6.45) is 3.11. The van der Waals surface area contributed by atoms with Gasteiger partial charge in [0.2, 0.25) is 0 Å². The molecule has 1 aromatic heterocycles. The lowest BCUT2D eigenvalue weighted by atomic mass is 10.1. The highest BCUT2D eigenvalue weighted by Crippen LogP contribution is 2.26. The van der Waals surface area contributed by atoms with Crippen molar-refractivity contribution in [1.82, 2.24) is 4.57 Å². The predicted molar refractivity (Wildman–Crippen MR) is 107 cm³/mol. The maximum absolute atomic E-state index is 11.8. The normalized spacial score (nSPS) is 11.8. The molecule has 0 aliphatic rings. The van der Waals surface area contributed by atoms with Gasteiger partial charge in [0, 0.05) is 22.9 Å². The summed E-state index contributed by atoms with van der Waals surface area (Å²) in [5.41, 5.74) is 4.23. The number of aryl methyl sites for hydroxylation is 2. The zero-order valence-electron chi connectivity index (χ0n) is 14.6. The molecule has 0 fully saturated rings. The molecule has 0 aliphatic heterocycles. The Morgan fingerprint density at radius 1 is 1.08 bits per heavy atom. The van der Waals surface area contributed by atoms with E-state index >= 15 is 0 Å². The number of hydrogen-bond donors (Lipinski definition) is 0. The monoisotopic (exact) mass is 371 g/mol. The molecule has 3 nitrogen and oxygen atoms in total. The van der Waals surface area contributed by atoms with Crippen molar-refractivity contribution in [3.05, 3.63) is 65.4 Å². The van der Waals surface area contributed by atoms with E-state index in [-0.39, 0.29) is 0 Å². The summed E-state index contributed by atoms with van der Waals surface area (Å²) < 4.78 is 25.8. The second-order valence-electron chi connectivity index (χ2n) is 6.39. The van der Waals surface area contributed by atoms with Gasteiger partial charge in [-0.1, -0.05) is 55.4 Å². The first-order valence-electron chi connectivity index (χ1n) is 8.27. The number of hydrogen-bond acceptors (Lipinski definition) is 3. The van der Waals surface area contributed by atoms with Crippen molar-refractivity contribution in [1.29, 1.82) is 0 Å². The average Bonchev–Trinajstić information content (AvgIpc) is 2.91. The van der Waals surface area contributed by atoms with Gasteiger partial charge in [0.1, 0.15) is 4.99 Å². The van der Waals surface area contributed by atoms with E-state index in [1.54, 1.807) is 12.1 Å². The number of benzene rings is 2. The van der Waals surface area contributed by atoms with E-state index in [1.807, 2.05) is 31.2 Å². The first kappa shape index (κ1) is 17.8. The van der Waals surface area contributed by atoms with E-state index in [1.165, 1.54) is 11.8 Å². The molecule has 0 saturated heterocycles. The molecule has 0 unspecified atom stereocenters. The fourth-order valence-corrected chi connectivity index (χ4v) is 3.99. The number of rotatable bonds is 4. The molecule has 1 heterocycles. The van der Waals surface area contributed by atoms with E-state index in [9.17, 15) is 8.42 Å². The van der Waals surface area contributed by atoms with Crippen LogP contribution in [0, 0.1) is 6.92 Å². The molecule has 0 amide bonds. The highest BCUT2D eigenvalue weighted by molar-refractivity contribution is 7.90. The van der Waals surface area contributed by atoms with Crippen LogP contribution in [0.1, 0.15) is 30.2 Å². The van der Waals surface area contributed by atoms with Gasteiger partial charge in [-0.2, -0.15) is 0 Å². The van der Waals surface area contributed by atoms with Crippen LogP contribution in [-0.2, 0) is 16.3 Å². The summed E-state index contributed by atoms with van der Waals surface area (Å²) >= 11 is 5.76. The van der Waals surface area contributed by atoms with Gasteiger partial charge in [-0.05, 0) is 37.6 Å². The molecule has 3 rings (SSSR count). The lowest BCUT2D eigenvalue weighted by Crippen LogP contribution is -2.13. The number of aromatic nitrogens is 1. The zero-order chi connectivity index (χ0) is 18.2. The van der Waals surface area contributed by atoms with Gasteiger partial charge in [0.05, 0.1) is 10.4 Å². The molecule has 130 valence electrons. The average molecular weight is 372 g/mol. The largest absolute Gasteiger partial charge is 0.304 e. The summed E-state index contributed by atoms with van der Waals surface area (Å²) in [5, 5.41) is 0.904. The standard InChI is InChI=1S/C20H21NO2S2/c1-4-5-17-12-16-13-18(25(3,22)23)10-11-19(16)21(17)20(24)15-8-6-14(2)7-9-15/h6-13H,4-5H2,1-3H3. The molecular formula is C20H21NO2S2. The first-order chi connectivity index (χ1) is 11.8. The van der Waals surface area contributed by atoms with Crippen LogP contribution in [0.4, 0.5) is 0 Å². The Labute approximate surface area is 154 Å². The fourth-order valence-electron chi connectivity index (χ4n) is 2.99. The quantitative estimate of drug-likeness (QED) is 0.633. The minimum atomic E-state index is -3.23. The van der Waals surface area contributed by atoms with E-state index in [0.717, 1.165) is 40.0 Å². The van der Waals surface area contributed by atoms with Crippen molar-refractivity contribution in [3.8, 4) is 0 Å². The van der Waals surface area contributed by atoms with Gasteiger partial charge in [0.15, 0.2) is 9.84 Å². The van der Waals surface area contributed by atoms with Crippen molar-refractivity contribution >= 4 is 37.9 Å². The lowest BCUT2D eigenvalue weighted by molar-refractivity contribution is 0.602. The van der Waals surface area contributed by atoms with Crippen LogP contribution in [0.2, 0.25) is 0 Å². The lowest BCUT2D eigenvalue weighted by Gasteiger charge is -2.12. The van der Waals surface area contributed by atoms with Crippen LogP contribution in [0.15, 0.2) is 53.4 Å². The number of fused-ring (bicyclic) bond motifs is 1. The summed E-state index contributed by atoms with van der Waals surface area (Å²) in [4.78, 5) is 1.08. The number of thiocarbonyl (C=S) groups is 1. The molecule has 3 aromatic rings. The van der Waals surface area contributed by atoms with Crippen LogP contribution in [0.25, 0.3) is 10.9 Å². The molecule has 5 heteroatoms. The maximum atomic E-state index is 11.8. The Morgan fingerprint density at radius 2 is 1.76 bits per heavy atom. The Balaban J connectivity index is 2.19. The number of nitrogens with zero attached hydrogens (tertiary/aromatic N) is 1. The molecular weight excluding hydrogens is 350 g/mol. The second kappa shape index (κ2) is 6.73. The minimum Gasteiger partial charge on any atom is -0.304 e. The Kier molecular flexibility index (Phi) is 4.80. The van der Waals surface area contributed by atoms with E-state index in [4.69, 9.17) is 12.2 Å². The SMILES string of the molecule is CCCc1cc2cc(S(C)(=O)=O)ccc2n1C(=S)c1ccc(C)cc1. The molecule has 0 radical (unpaired) electrons. The predicted octanol–water partition coefficient (Wildman–Crippen LogP) is 4.53. The van der Waals surface area contributed by atoms with Crippen LogP contribution in [0.3, 0.4) is 0 Å². The Bertz CT molecular complexity index is 1050. The van der Waals surface area contributed by atoms with E-state index < -0.39 is 9.84 Å². The third kappa shape index (κ3) is 3.53. The van der Waals surface area contributed by atoms with Gasteiger partial charge in [0.25, 0.3) is 0 Å². The van der Waals surface area contributed by atoms with Crippen molar-refractivity contribution in [2.75, 3.05) is 6.26 Å². The molecule has 0 atom stereocenters. The highest BCUT2D eigenvalue weighted by Gasteiger charge is 2.16. The van der Waals surface area contributed by atoms with Crippen LogP contribution in [-0.4, -0.2) is 24.2 Å². The van der Waals surface area contributed by atoms with Crippen LogP contribution in [0.5, 0.6) is 0 Å². The Hall–Kier alpha value is -1.98. The summed E-state index contributed by atoms with van der Waals surface area (Å²) in [7, 11) is -3.23. The van der Waals surface area contributed by atoms with Gasteiger partial charge < -0.3 is 4.57 Å².